The summed E-state index contributed by atoms with van der Waals surface area (Å²) in [5, 5.41) is 0. The van der Waals surface area contributed by atoms with Crippen LogP contribution in [0.5, 0.6) is 0 Å². The molecule has 1 aromatic carbocycles. The minimum atomic E-state index is -0.457. The molecule has 0 saturated heterocycles. The van der Waals surface area contributed by atoms with E-state index in [0.717, 1.165) is 18.4 Å². The first-order valence-corrected chi connectivity index (χ1v) is 11.0. The van der Waals surface area contributed by atoms with Gasteiger partial charge in [0.2, 0.25) is 0 Å². The molecule has 1 aromatic rings. The molecule has 0 fully saturated rings. The molecule has 0 saturated carbocycles. The van der Waals surface area contributed by atoms with Crippen LogP contribution in [0, 0.1) is 17.3 Å². The lowest BCUT2D eigenvalue weighted by atomic mass is 9.78. The molecule has 3 atom stereocenters. The van der Waals surface area contributed by atoms with Crippen molar-refractivity contribution in [2.75, 3.05) is 6.79 Å². The molecule has 4 nitrogen and oxygen atoms in total. The van der Waals surface area contributed by atoms with Crippen molar-refractivity contribution in [2.45, 2.75) is 86.5 Å². The van der Waals surface area contributed by atoms with E-state index in [9.17, 15) is 4.79 Å². The van der Waals surface area contributed by atoms with E-state index in [1.165, 1.54) is 0 Å². The molecule has 0 aliphatic heterocycles. The van der Waals surface area contributed by atoms with Gasteiger partial charge in [-0.1, -0.05) is 71.0 Å². The van der Waals surface area contributed by atoms with E-state index in [0.29, 0.717) is 18.4 Å². The summed E-state index contributed by atoms with van der Waals surface area (Å²) in [5.74, 6) is 0.529. The number of carbonyl (C=O) groups is 1. The largest absolute Gasteiger partial charge is 0.457 e. The third kappa shape index (κ3) is 11.5. The Morgan fingerprint density at radius 3 is 2.23 bits per heavy atom. The molecular weight excluding hydrogens is 376 g/mol. The SMILES string of the molecule is C[C@@H](C/C=C/C(=O)OC(C)(C)C)C[C@H](C)[C@H](OCOCc1ccccc1)C(C)(C)C. The third-order valence-corrected chi connectivity index (χ3v) is 4.79. The fourth-order valence-corrected chi connectivity index (χ4v) is 3.71. The zero-order valence-corrected chi connectivity index (χ0v) is 20.2. The van der Waals surface area contributed by atoms with Crippen LogP contribution in [0.2, 0.25) is 0 Å². The number of esters is 1. The number of benzene rings is 1. The van der Waals surface area contributed by atoms with Gasteiger partial charge in [-0.05, 0) is 56.4 Å². The summed E-state index contributed by atoms with van der Waals surface area (Å²) in [4.78, 5) is 11.8. The number of ether oxygens (including phenoxy) is 3. The molecule has 0 aromatic heterocycles. The number of carbonyl (C=O) groups excluding carboxylic acids is 1. The summed E-state index contributed by atoms with van der Waals surface area (Å²) in [6.45, 7) is 17.5. The Hall–Kier alpha value is -1.65. The first-order chi connectivity index (χ1) is 13.9. The van der Waals surface area contributed by atoms with Crippen molar-refractivity contribution in [2.24, 2.45) is 17.3 Å². The molecule has 0 bridgehead atoms. The second kappa shape index (κ2) is 12.3. The Labute approximate surface area is 184 Å². The van der Waals surface area contributed by atoms with Gasteiger partial charge in [0, 0.05) is 6.08 Å². The fourth-order valence-electron chi connectivity index (χ4n) is 3.71. The lowest BCUT2D eigenvalue weighted by Crippen LogP contribution is -2.36. The Balaban J connectivity index is 2.47. The van der Waals surface area contributed by atoms with Crippen LogP contribution in [0.25, 0.3) is 0 Å². The second-order valence-corrected chi connectivity index (χ2v) is 10.4. The Bertz CT molecular complexity index is 637. The maximum Gasteiger partial charge on any atom is 0.330 e. The fraction of sp³-hybridized carbons (Fsp3) is 0.654. The highest BCUT2D eigenvalue weighted by Crippen LogP contribution is 2.32. The van der Waals surface area contributed by atoms with Crippen molar-refractivity contribution in [1.29, 1.82) is 0 Å². The summed E-state index contributed by atoms with van der Waals surface area (Å²) >= 11 is 0. The topological polar surface area (TPSA) is 44.8 Å². The second-order valence-electron chi connectivity index (χ2n) is 10.4. The molecule has 0 amide bonds. The van der Waals surface area contributed by atoms with E-state index >= 15 is 0 Å². The van der Waals surface area contributed by atoms with Crippen LogP contribution in [0.4, 0.5) is 0 Å². The van der Waals surface area contributed by atoms with E-state index in [-0.39, 0.29) is 24.3 Å². The van der Waals surface area contributed by atoms with Crippen LogP contribution in [0.15, 0.2) is 42.5 Å². The molecular formula is C26H42O4. The molecule has 0 aliphatic carbocycles. The van der Waals surface area contributed by atoms with Gasteiger partial charge in [-0.2, -0.15) is 0 Å². The van der Waals surface area contributed by atoms with Gasteiger partial charge < -0.3 is 14.2 Å². The highest BCUT2D eigenvalue weighted by Gasteiger charge is 2.31. The number of hydrogen-bond donors (Lipinski definition) is 0. The Morgan fingerprint density at radius 2 is 1.67 bits per heavy atom. The molecule has 0 aliphatic rings. The van der Waals surface area contributed by atoms with Crippen LogP contribution >= 0.6 is 0 Å². The quantitative estimate of drug-likeness (QED) is 0.177. The molecule has 1 rings (SSSR count). The van der Waals surface area contributed by atoms with Crippen LogP contribution in [-0.2, 0) is 25.6 Å². The molecule has 170 valence electrons. The van der Waals surface area contributed by atoms with Gasteiger partial charge in [0.15, 0.2) is 0 Å². The van der Waals surface area contributed by atoms with Gasteiger partial charge in [-0.3, -0.25) is 0 Å². The molecule has 30 heavy (non-hydrogen) atoms. The predicted molar refractivity (Wildman–Crippen MR) is 123 cm³/mol. The average Bonchev–Trinajstić information content (AvgIpc) is 2.59. The lowest BCUT2D eigenvalue weighted by molar-refractivity contribution is -0.148. The third-order valence-electron chi connectivity index (χ3n) is 4.79. The predicted octanol–water partition coefficient (Wildman–Crippen LogP) is 6.54. The van der Waals surface area contributed by atoms with E-state index in [1.807, 2.05) is 45.0 Å². The van der Waals surface area contributed by atoms with Crippen LogP contribution in [0.1, 0.15) is 73.8 Å². The van der Waals surface area contributed by atoms with E-state index in [4.69, 9.17) is 14.2 Å². The molecule has 0 unspecified atom stereocenters. The minimum Gasteiger partial charge on any atom is -0.457 e. The molecule has 0 heterocycles. The molecule has 0 spiro atoms. The van der Waals surface area contributed by atoms with Gasteiger partial charge in [-0.25, -0.2) is 4.79 Å². The van der Waals surface area contributed by atoms with Crippen LogP contribution in [-0.4, -0.2) is 24.5 Å². The summed E-state index contributed by atoms with van der Waals surface area (Å²) in [5.41, 5.74) is 0.704. The molecule has 4 heteroatoms. The van der Waals surface area contributed by atoms with Gasteiger partial charge in [0.05, 0.1) is 12.7 Å². The van der Waals surface area contributed by atoms with Crippen molar-refractivity contribution in [1.82, 2.24) is 0 Å². The van der Waals surface area contributed by atoms with Crippen LogP contribution in [0.3, 0.4) is 0 Å². The smallest absolute Gasteiger partial charge is 0.330 e. The zero-order valence-electron chi connectivity index (χ0n) is 20.2. The number of hydrogen-bond acceptors (Lipinski definition) is 4. The monoisotopic (exact) mass is 418 g/mol. The standard InChI is InChI=1S/C26H42O4/c1-20(13-12-16-23(27)30-26(6,7)8)17-21(2)24(25(3,4)5)29-19-28-18-22-14-10-9-11-15-22/h9-12,14-16,20-21,24H,13,17-19H2,1-8H3/b16-12+/t20-,21-,24-/m0/s1. The zero-order chi connectivity index (χ0) is 22.8. The first kappa shape index (κ1) is 26.4. The van der Waals surface area contributed by atoms with Gasteiger partial charge >= 0.3 is 5.97 Å². The van der Waals surface area contributed by atoms with Crippen molar-refractivity contribution in [3.8, 4) is 0 Å². The van der Waals surface area contributed by atoms with Crippen molar-refractivity contribution in [3.63, 3.8) is 0 Å². The summed E-state index contributed by atoms with van der Waals surface area (Å²) in [7, 11) is 0. The maximum atomic E-state index is 11.8. The minimum absolute atomic E-state index is 0.0155. The van der Waals surface area contributed by atoms with Crippen LogP contribution < -0.4 is 0 Å². The van der Waals surface area contributed by atoms with Crippen molar-refractivity contribution in [3.05, 3.63) is 48.0 Å². The van der Waals surface area contributed by atoms with Crippen molar-refractivity contribution >= 4 is 5.97 Å². The first-order valence-electron chi connectivity index (χ1n) is 11.0. The number of rotatable bonds is 11. The van der Waals surface area contributed by atoms with Gasteiger partial charge in [0.1, 0.15) is 12.4 Å². The summed E-state index contributed by atoms with van der Waals surface area (Å²) < 4.78 is 17.2. The Kier molecular flexibility index (Phi) is 10.8. The lowest BCUT2D eigenvalue weighted by Gasteiger charge is -2.36. The summed E-state index contributed by atoms with van der Waals surface area (Å²) in [6, 6.07) is 10.1. The molecule has 0 N–H and O–H groups in total. The highest BCUT2D eigenvalue weighted by molar-refractivity contribution is 5.82. The average molecular weight is 419 g/mol. The van der Waals surface area contributed by atoms with E-state index in [2.05, 4.69) is 46.8 Å². The van der Waals surface area contributed by atoms with E-state index in [1.54, 1.807) is 6.08 Å². The number of allylic oxidation sites excluding steroid dienone is 1. The van der Waals surface area contributed by atoms with Gasteiger partial charge in [0.25, 0.3) is 0 Å². The summed E-state index contributed by atoms with van der Waals surface area (Å²) in [6.07, 6.45) is 5.40. The highest BCUT2D eigenvalue weighted by atomic mass is 16.7. The Morgan fingerprint density at radius 1 is 1.03 bits per heavy atom. The van der Waals surface area contributed by atoms with Crippen molar-refractivity contribution < 1.29 is 19.0 Å². The van der Waals surface area contributed by atoms with E-state index < -0.39 is 5.60 Å². The maximum absolute atomic E-state index is 11.8. The normalized spacial score (nSPS) is 15.7. The molecule has 0 radical (unpaired) electrons. The van der Waals surface area contributed by atoms with Gasteiger partial charge in [-0.15, -0.1) is 0 Å².